The molecule has 6 heteroatoms. The lowest BCUT2D eigenvalue weighted by atomic mass is 10.1. The Bertz CT molecular complexity index is 1320. The van der Waals surface area contributed by atoms with E-state index in [1.807, 2.05) is 48.8 Å². The average molecular weight is 428 g/mol. The molecular formula is C25H22ClN5. The van der Waals surface area contributed by atoms with Crippen molar-refractivity contribution in [3.05, 3.63) is 95.1 Å². The molecule has 0 saturated carbocycles. The number of dihydropyridines is 1. The average Bonchev–Trinajstić information content (AvgIpc) is 3.31. The highest BCUT2D eigenvalue weighted by molar-refractivity contribution is 6.30. The zero-order valence-electron chi connectivity index (χ0n) is 17.4. The predicted octanol–water partition coefficient (Wildman–Crippen LogP) is 5.93. The molecule has 0 radical (unpaired) electrons. The van der Waals surface area contributed by atoms with Gasteiger partial charge in [-0.2, -0.15) is 0 Å². The van der Waals surface area contributed by atoms with Gasteiger partial charge < -0.3 is 15.2 Å². The Hall–Kier alpha value is -3.57. The predicted molar refractivity (Wildman–Crippen MR) is 127 cm³/mol. The molecule has 0 saturated heterocycles. The number of nitrogens with one attached hydrogen (secondary N) is 2. The van der Waals surface area contributed by atoms with Crippen LogP contribution >= 0.6 is 11.6 Å². The number of rotatable bonds is 4. The smallest absolute Gasteiger partial charge is 0.162 e. The maximum absolute atomic E-state index is 6.09. The lowest BCUT2D eigenvalue weighted by Gasteiger charge is -2.20. The topological polar surface area (TPSA) is 54.8 Å². The highest BCUT2D eigenvalue weighted by Gasteiger charge is 2.14. The van der Waals surface area contributed by atoms with Crippen molar-refractivity contribution in [2.75, 3.05) is 11.9 Å². The van der Waals surface area contributed by atoms with Crippen molar-refractivity contribution < 1.29 is 0 Å². The molecule has 0 atom stereocenters. The summed E-state index contributed by atoms with van der Waals surface area (Å²) in [5.74, 6) is 1.44. The molecule has 1 aliphatic heterocycles. The van der Waals surface area contributed by atoms with Crippen molar-refractivity contribution in [2.45, 2.75) is 13.8 Å². The van der Waals surface area contributed by atoms with Gasteiger partial charge in [-0.3, -0.25) is 0 Å². The van der Waals surface area contributed by atoms with Gasteiger partial charge in [0.25, 0.3) is 0 Å². The quantitative estimate of drug-likeness (QED) is 0.423. The van der Waals surface area contributed by atoms with Gasteiger partial charge in [0.2, 0.25) is 0 Å². The Morgan fingerprint density at radius 2 is 1.77 bits per heavy atom. The summed E-state index contributed by atoms with van der Waals surface area (Å²) in [6.45, 7) is 5.00. The first-order valence-electron chi connectivity index (χ1n) is 10.2. The number of fused-ring (bicyclic) bond motifs is 1. The van der Waals surface area contributed by atoms with Gasteiger partial charge >= 0.3 is 0 Å². The Morgan fingerprint density at radius 3 is 2.55 bits per heavy atom. The van der Waals surface area contributed by atoms with Crippen LogP contribution in [-0.4, -0.2) is 21.1 Å². The molecule has 154 valence electrons. The molecule has 0 aliphatic carbocycles. The van der Waals surface area contributed by atoms with Crippen LogP contribution in [0.25, 0.3) is 28.0 Å². The van der Waals surface area contributed by atoms with E-state index in [2.05, 4.69) is 53.3 Å². The van der Waals surface area contributed by atoms with Crippen LogP contribution in [0.15, 0.2) is 90.0 Å². The number of aromatic nitrogens is 3. The first-order chi connectivity index (χ1) is 15.1. The van der Waals surface area contributed by atoms with Crippen LogP contribution in [0.4, 0.5) is 5.82 Å². The van der Waals surface area contributed by atoms with Crippen LogP contribution in [0.5, 0.6) is 0 Å². The van der Waals surface area contributed by atoms with Crippen LogP contribution in [0.3, 0.4) is 0 Å². The second-order valence-corrected chi connectivity index (χ2v) is 8.13. The first kappa shape index (κ1) is 19.4. The molecule has 0 unspecified atom stereocenters. The highest BCUT2D eigenvalue weighted by Crippen LogP contribution is 2.29. The molecule has 2 aromatic carbocycles. The first-order valence-corrected chi connectivity index (χ1v) is 10.5. The van der Waals surface area contributed by atoms with Gasteiger partial charge in [-0.25, -0.2) is 9.97 Å². The fraction of sp³-hybridized carbons (Fsp3) is 0.120. The summed E-state index contributed by atoms with van der Waals surface area (Å²) in [4.78, 5) is 9.77. The molecule has 0 fully saturated rings. The normalized spacial score (nSPS) is 13.8. The Balaban J connectivity index is 1.67. The van der Waals surface area contributed by atoms with Crippen LogP contribution in [0.2, 0.25) is 5.02 Å². The molecule has 3 heterocycles. The standard InChI is InChI=1S/C25H22ClN5/c1-16-15-27-17(2)13-22(16)28-25-21-10-9-20(31-11-3-4-12-31)14-23(21)29-24(30-25)18-5-7-19(26)8-6-18/h3-14,27H,15H2,1-2H3,(H,28,29,30). The van der Waals surface area contributed by atoms with Crippen molar-refractivity contribution >= 4 is 28.3 Å². The summed E-state index contributed by atoms with van der Waals surface area (Å²) >= 11 is 6.09. The Labute approximate surface area is 186 Å². The summed E-state index contributed by atoms with van der Waals surface area (Å²) in [6.07, 6.45) is 6.17. The third-order valence-electron chi connectivity index (χ3n) is 5.39. The zero-order chi connectivity index (χ0) is 21.4. The van der Waals surface area contributed by atoms with E-state index >= 15 is 0 Å². The zero-order valence-corrected chi connectivity index (χ0v) is 18.1. The molecule has 0 spiro atoms. The van der Waals surface area contributed by atoms with Gasteiger partial charge in [0.15, 0.2) is 5.82 Å². The van der Waals surface area contributed by atoms with Gasteiger partial charge in [-0.15, -0.1) is 0 Å². The second-order valence-electron chi connectivity index (χ2n) is 7.69. The molecule has 0 bridgehead atoms. The van der Waals surface area contributed by atoms with E-state index in [-0.39, 0.29) is 0 Å². The SMILES string of the molecule is CC1=CC(Nc2nc(-c3ccc(Cl)cc3)nc3cc(-n4cccc4)ccc23)=C(C)CN1. The van der Waals surface area contributed by atoms with E-state index < -0.39 is 0 Å². The largest absolute Gasteiger partial charge is 0.385 e. The van der Waals surface area contributed by atoms with Crippen LogP contribution in [0.1, 0.15) is 13.8 Å². The fourth-order valence-corrected chi connectivity index (χ4v) is 3.76. The van der Waals surface area contributed by atoms with E-state index in [0.29, 0.717) is 10.8 Å². The molecular weight excluding hydrogens is 406 g/mol. The van der Waals surface area contributed by atoms with Gasteiger partial charge in [0, 0.05) is 52.0 Å². The van der Waals surface area contributed by atoms with E-state index in [4.69, 9.17) is 21.6 Å². The summed E-state index contributed by atoms with van der Waals surface area (Å²) < 4.78 is 2.07. The summed E-state index contributed by atoms with van der Waals surface area (Å²) in [5, 5.41) is 8.58. The number of benzene rings is 2. The lowest BCUT2D eigenvalue weighted by molar-refractivity contribution is 0.840. The van der Waals surface area contributed by atoms with Gasteiger partial charge in [0.1, 0.15) is 5.82 Å². The summed E-state index contributed by atoms with van der Waals surface area (Å²) in [6, 6.07) is 17.9. The lowest BCUT2D eigenvalue weighted by Crippen LogP contribution is -2.21. The van der Waals surface area contributed by atoms with Crippen LogP contribution < -0.4 is 10.6 Å². The van der Waals surface area contributed by atoms with Gasteiger partial charge in [-0.1, -0.05) is 11.6 Å². The Morgan fingerprint density at radius 1 is 1.00 bits per heavy atom. The molecule has 5 nitrogen and oxygen atoms in total. The number of nitrogens with zero attached hydrogens (tertiary/aromatic N) is 3. The number of anilines is 1. The minimum absolute atomic E-state index is 0.657. The van der Waals surface area contributed by atoms with Gasteiger partial charge in [0.05, 0.1) is 5.52 Å². The van der Waals surface area contributed by atoms with Crippen molar-refractivity contribution in [3.8, 4) is 17.1 Å². The molecule has 0 amide bonds. The third-order valence-corrected chi connectivity index (χ3v) is 5.64. The Kier molecular flexibility index (Phi) is 4.96. The maximum atomic E-state index is 6.09. The van der Waals surface area contributed by atoms with E-state index in [9.17, 15) is 0 Å². The number of halogens is 1. The molecule has 5 rings (SSSR count). The van der Waals surface area contributed by atoms with Crippen molar-refractivity contribution in [1.82, 2.24) is 19.9 Å². The number of allylic oxidation sites excluding steroid dienone is 2. The van der Waals surface area contributed by atoms with Crippen LogP contribution in [-0.2, 0) is 0 Å². The molecule has 31 heavy (non-hydrogen) atoms. The fourth-order valence-electron chi connectivity index (χ4n) is 3.64. The van der Waals surface area contributed by atoms with E-state index in [0.717, 1.165) is 45.9 Å². The third kappa shape index (κ3) is 3.92. The van der Waals surface area contributed by atoms with Crippen LogP contribution in [0, 0.1) is 0 Å². The monoisotopic (exact) mass is 427 g/mol. The van der Waals surface area contributed by atoms with E-state index in [1.54, 1.807) is 0 Å². The molecule has 2 N–H and O–H groups in total. The van der Waals surface area contributed by atoms with E-state index in [1.165, 1.54) is 5.57 Å². The number of hydrogen-bond donors (Lipinski definition) is 2. The minimum atomic E-state index is 0.657. The summed E-state index contributed by atoms with van der Waals surface area (Å²) in [5.41, 5.74) is 6.27. The van der Waals surface area contributed by atoms with Crippen molar-refractivity contribution in [1.29, 1.82) is 0 Å². The summed E-state index contributed by atoms with van der Waals surface area (Å²) in [7, 11) is 0. The molecule has 1 aliphatic rings. The molecule has 4 aromatic rings. The molecule has 2 aromatic heterocycles. The highest BCUT2D eigenvalue weighted by atomic mass is 35.5. The second kappa shape index (κ2) is 7.93. The van der Waals surface area contributed by atoms with Crippen molar-refractivity contribution in [2.24, 2.45) is 0 Å². The van der Waals surface area contributed by atoms with Crippen molar-refractivity contribution in [3.63, 3.8) is 0 Å². The van der Waals surface area contributed by atoms with Gasteiger partial charge in [-0.05, 0) is 80.1 Å². The maximum Gasteiger partial charge on any atom is 0.162 e. The minimum Gasteiger partial charge on any atom is -0.385 e. The number of hydrogen-bond acceptors (Lipinski definition) is 4.